The molecule has 0 atom stereocenters. The minimum Gasteiger partial charge on any atom is -0.329 e. The van der Waals surface area contributed by atoms with E-state index in [-0.39, 0.29) is 25.0 Å². The van der Waals surface area contributed by atoms with Gasteiger partial charge in [0.05, 0.1) is 24.7 Å². The van der Waals surface area contributed by atoms with Crippen molar-refractivity contribution < 1.29 is 9.59 Å². The van der Waals surface area contributed by atoms with Crippen LogP contribution in [0, 0.1) is 18.3 Å². The van der Waals surface area contributed by atoms with Gasteiger partial charge in [0.25, 0.3) is 0 Å². The first kappa shape index (κ1) is 11.1. The Hall–Kier alpha value is -2.35. The molecule has 5 heteroatoms. The van der Waals surface area contributed by atoms with Crippen LogP contribution in [0.2, 0.25) is 0 Å². The average molecular weight is 229 g/mol. The number of rotatable bonds is 2. The van der Waals surface area contributed by atoms with Crippen LogP contribution in [0.15, 0.2) is 18.2 Å². The third-order valence-electron chi connectivity index (χ3n) is 2.74. The number of nitriles is 1. The molecule has 2 rings (SSSR count). The number of carbonyl (C=O) groups is 2. The minimum atomic E-state index is -0.362. The number of amides is 3. The first-order valence-corrected chi connectivity index (χ1v) is 5.19. The molecule has 0 unspecified atom stereocenters. The van der Waals surface area contributed by atoms with Gasteiger partial charge < -0.3 is 5.32 Å². The van der Waals surface area contributed by atoms with E-state index in [9.17, 15) is 9.59 Å². The number of hydrogen-bond donors (Lipinski definition) is 1. The Bertz CT molecular complexity index is 515. The maximum atomic E-state index is 11.4. The van der Waals surface area contributed by atoms with Gasteiger partial charge in [0.1, 0.15) is 0 Å². The third kappa shape index (κ3) is 2.11. The van der Waals surface area contributed by atoms with E-state index in [0.717, 1.165) is 11.1 Å². The standard InChI is InChI=1S/C12H11N3O2/c1-8-4-9(5-13)2-3-10(8)7-15-11(16)6-14-12(15)17/h2-4H,6-7H2,1H3,(H,14,17). The zero-order chi connectivity index (χ0) is 12.4. The summed E-state index contributed by atoms with van der Waals surface area (Å²) in [5.41, 5.74) is 2.34. The number of nitrogens with one attached hydrogen (secondary N) is 1. The van der Waals surface area contributed by atoms with Crippen molar-refractivity contribution >= 4 is 11.9 Å². The van der Waals surface area contributed by atoms with Crippen LogP contribution in [-0.4, -0.2) is 23.4 Å². The third-order valence-corrected chi connectivity index (χ3v) is 2.74. The Morgan fingerprint density at radius 3 is 2.76 bits per heavy atom. The normalized spacial score (nSPS) is 14.7. The lowest BCUT2D eigenvalue weighted by Crippen LogP contribution is -2.30. The quantitative estimate of drug-likeness (QED) is 0.766. The van der Waals surface area contributed by atoms with Crippen LogP contribution in [0.1, 0.15) is 16.7 Å². The maximum absolute atomic E-state index is 11.4. The molecule has 0 spiro atoms. The Morgan fingerprint density at radius 1 is 1.47 bits per heavy atom. The Balaban J connectivity index is 2.22. The van der Waals surface area contributed by atoms with Gasteiger partial charge in [-0.05, 0) is 30.2 Å². The van der Waals surface area contributed by atoms with Crippen molar-refractivity contribution in [3.8, 4) is 6.07 Å². The van der Waals surface area contributed by atoms with Crippen LogP contribution in [0.5, 0.6) is 0 Å². The minimum absolute atomic E-state index is 0.0637. The fourth-order valence-electron chi connectivity index (χ4n) is 1.73. The van der Waals surface area contributed by atoms with Crippen LogP contribution in [0.3, 0.4) is 0 Å². The highest BCUT2D eigenvalue weighted by Crippen LogP contribution is 2.14. The number of imide groups is 1. The molecule has 1 aromatic carbocycles. The zero-order valence-corrected chi connectivity index (χ0v) is 9.36. The van der Waals surface area contributed by atoms with E-state index in [1.807, 2.05) is 13.0 Å². The number of hydrogen-bond acceptors (Lipinski definition) is 3. The van der Waals surface area contributed by atoms with E-state index in [2.05, 4.69) is 5.32 Å². The summed E-state index contributed by atoms with van der Waals surface area (Å²) in [5, 5.41) is 11.2. The molecule has 0 aromatic heterocycles. The zero-order valence-electron chi connectivity index (χ0n) is 9.36. The van der Waals surface area contributed by atoms with Gasteiger partial charge in [-0.3, -0.25) is 9.69 Å². The van der Waals surface area contributed by atoms with E-state index < -0.39 is 0 Å². The van der Waals surface area contributed by atoms with E-state index in [1.54, 1.807) is 18.2 Å². The molecule has 1 aliphatic rings. The molecule has 86 valence electrons. The summed E-state index contributed by atoms with van der Waals surface area (Å²) in [4.78, 5) is 24.0. The van der Waals surface area contributed by atoms with Crippen molar-refractivity contribution in [1.29, 1.82) is 5.26 Å². The fraction of sp³-hybridized carbons (Fsp3) is 0.250. The molecule has 5 nitrogen and oxygen atoms in total. The molecule has 0 aliphatic carbocycles. The molecule has 0 saturated carbocycles. The first-order chi connectivity index (χ1) is 8.11. The molecule has 1 saturated heterocycles. The molecule has 1 fully saturated rings. The van der Waals surface area contributed by atoms with Gasteiger partial charge in [0.15, 0.2) is 0 Å². The van der Waals surface area contributed by atoms with E-state index in [0.29, 0.717) is 5.56 Å². The monoisotopic (exact) mass is 229 g/mol. The SMILES string of the molecule is Cc1cc(C#N)ccc1CN1C(=O)CNC1=O. The summed E-state index contributed by atoms with van der Waals surface area (Å²) in [5.74, 6) is -0.223. The summed E-state index contributed by atoms with van der Waals surface area (Å²) in [6, 6.07) is 6.88. The van der Waals surface area contributed by atoms with Gasteiger partial charge in [-0.2, -0.15) is 5.26 Å². The molecule has 17 heavy (non-hydrogen) atoms. The van der Waals surface area contributed by atoms with Gasteiger partial charge in [-0.15, -0.1) is 0 Å². The topological polar surface area (TPSA) is 73.2 Å². The lowest BCUT2D eigenvalue weighted by atomic mass is 10.1. The molecule has 3 amide bonds. The highest BCUT2D eigenvalue weighted by atomic mass is 16.2. The second-order valence-electron chi connectivity index (χ2n) is 3.89. The molecule has 0 radical (unpaired) electrons. The summed E-state index contributed by atoms with van der Waals surface area (Å²) in [6.07, 6.45) is 0. The number of carbonyl (C=O) groups excluding carboxylic acids is 2. The molecule has 1 N–H and O–H groups in total. The molecule has 1 aromatic rings. The average Bonchev–Trinajstić information content (AvgIpc) is 2.63. The Labute approximate surface area is 98.6 Å². The van der Waals surface area contributed by atoms with Crippen LogP contribution in [-0.2, 0) is 11.3 Å². The molecule has 1 aliphatic heterocycles. The Morgan fingerprint density at radius 2 is 2.24 bits per heavy atom. The van der Waals surface area contributed by atoms with Crippen molar-refractivity contribution in [2.24, 2.45) is 0 Å². The van der Waals surface area contributed by atoms with E-state index in [1.165, 1.54) is 4.90 Å². The predicted octanol–water partition coefficient (Wildman–Crippen LogP) is 0.919. The number of urea groups is 1. The van der Waals surface area contributed by atoms with Crippen molar-refractivity contribution in [3.05, 3.63) is 34.9 Å². The van der Waals surface area contributed by atoms with Gasteiger partial charge in [-0.1, -0.05) is 6.07 Å². The van der Waals surface area contributed by atoms with Crippen molar-refractivity contribution in [2.45, 2.75) is 13.5 Å². The largest absolute Gasteiger partial charge is 0.329 e. The van der Waals surface area contributed by atoms with Gasteiger partial charge in [0, 0.05) is 0 Å². The Kier molecular flexibility index (Phi) is 2.79. The van der Waals surface area contributed by atoms with Gasteiger partial charge in [0.2, 0.25) is 5.91 Å². The second-order valence-corrected chi connectivity index (χ2v) is 3.89. The van der Waals surface area contributed by atoms with E-state index in [4.69, 9.17) is 5.26 Å². The van der Waals surface area contributed by atoms with E-state index >= 15 is 0 Å². The lowest BCUT2D eigenvalue weighted by molar-refractivity contribution is -0.125. The first-order valence-electron chi connectivity index (χ1n) is 5.19. The van der Waals surface area contributed by atoms with Crippen molar-refractivity contribution in [1.82, 2.24) is 10.2 Å². The van der Waals surface area contributed by atoms with Crippen molar-refractivity contribution in [3.63, 3.8) is 0 Å². The van der Waals surface area contributed by atoms with Crippen LogP contribution in [0.4, 0.5) is 4.79 Å². The summed E-state index contributed by atoms with van der Waals surface area (Å²) in [7, 11) is 0. The van der Waals surface area contributed by atoms with Gasteiger partial charge >= 0.3 is 6.03 Å². The highest BCUT2D eigenvalue weighted by molar-refractivity contribution is 6.01. The predicted molar refractivity (Wildman–Crippen MR) is 59.8 cm³/mol. The van der Waals surface area contributed by atoms with Crippen molar-refractivity contribution in [2.75, 3.05) is 6.54 Å². The summed E-state index contributed by atoms with van der Waals surface area (Å²) in [6.45, 7) is 2.17. The maximum Gasteiger partial charge on any atom is 0.324 e. The molecule has 1 heterocycles. The molecular formula is C12H11N3O2. The highest BCUT2D eigenvalue weighted by Gasteiger charge is 2.28. The fourth-order valence-corrected chi connectivity index (χ4v) is 1.73. The van der Waals surface area contributed by atoms with Crippen LogP contribution in [0.25, 0.3) is 0 Å². The summed E-state index contributed by atoms with van der Waals surface area (Å²) < 4.78 is 0. The number of aryl methyl sites for hydroxylation is 1. The summed E-state index contributed by atoms with van der Waals surface area (Å²) >= 11 is 0. The smallest absolute Gasteiger partial charge is 0.324 e. The van der Waals surface area contributed by atoms with Gasteiger partial charge in [-0.25, -0.2) is 4.79 Å². The van der Waals surface area contributed by atoms with Crippen LogP contribution < -0.4 is 5.32 Å². The second kappa shape index (κ2) is 4.26. The number of benzene rings is 1. The lowest BCUT2D eigenvalue weighted by Gasteiger charge is -2.14. The number of nitrogens with zero attached hydrogens (tertiary/aromatic N) is 2. The molecular weight excluding hydrogens is 218 g/mol. The van der Waals surface area contributed by atoms with Crippen LogP contribution >= 0.6 is 0 Å². The molecule has 0 bridgehead atoms.